The average molecular weight is 295 g/mol. The zero-order valence-corrected chi connectivity index (χ0v) is 10.2. The van der Waals surface area contributed by atoms with Crippen molar-refractivity contribution in [1.29, 1.82) is 0 Å². The van der Waals surface area contributed by atoms with Gasteiger partial charge in [0.1, 0.15) is 6.61 Å². The smallest absolute Gasteiger partial charge is 0.219 e. The maximum Gasteiger partial charge on any atom is 0.219 e. The van der Waals surface area contributed by atoms with Crippen molar-refractivity contribution in [3.8, 4) is 0 Å². The van der Waals surface area contributed by atoms with Crippen LogP contribution in [0, 0.1) is 0 Å². The summed E-state index contributed by atoms with van der Waals surface area (Å²) < 4.78 is 6.15. The summed E-state index contributed by atoms with van der Waals surface area (Å²) in [5.74, 6) is 0.535. The van der Waals surface area contributed by atoms with Crippen LogP contribution in [0.15, 0.2) is 21.6 Å². The predicted molar refractivity (Wildman–Crippen MR) is 61.5 cm³/mol. The van der Waals surface area contributed by atoms with Gasteiger partial charge in [-0.3, -0.25) is 0 Å². The van der Waals surface area contributed by atoms with Crippen LogP contribution in [0.4, 0.5) is 0 Å². The van der Waals surface area contributed by atoms with Crippen molar-refractivity contribution in [1.82, 2.24) is 0 Å². The number of hydrogen-bond donors (Lipinski definition) is 0. The van der Waals surface area contributed by atoms with Gasteiger partial charge >= 0.3 is 0 Å². The summed E-state index contributed by atoms with van der Waals surface area (Å²) in [4.78, 5) is 4.17. The van der Waals surface area contributed by atoms with Crippen LogP contribution in [0.1, 0.15) is 5.56 Å². The van der Waals surface area contributed by atoms with Crippen molar-refractivity contribution in [3.05, 3.63) is 32.2 Å². The Kier molecular flexibility index (Phi) is 3.00. The van der Waals surface area contributed by atoms with Crippen molar-refractivity contribution >= 4 is 45.0 Å². The van der Waals surface area contributed by atoms with Gasteiger partial charge in [-0.2, -0.15) is 0 Å². The Balaban J connectivity index is 2.52. The molecule has 0 amide bonds. The van der Waals surface area contributed by atoms with Crippen molar-refractivity contribution < 1.29 is 4.74 Å². The molecule has 2 nitrogen and oxygen atoms in total. The third-order valence-corrected chi connectivity index (χ3v) is 2.86. The highest BCUT2D eigenvalue weighted by Gasteiger charge is 2.17. The standard InChI is InChI=1S/C9H6BrCl2NO/c10-5-3-6(11)8(7(12)4-5)9-13-1-2-14-9/h3-4H,1-2H2. The van der Waals surface area contributed by atoms with Crippen molar-refractivity contribution in [2.75, 3.05) is 13.2 Å². The molecular formula is C9H6BrCl2NO. The van der Waals surface area contributed by atoms with Gasteiger partial charge in [0, 0.05) is 4.47 Å². The predicted octanol–water partition coefficient (Wildman–Crippen LogP) is 3.53. The molecule has 74 valence electrons. The van der Waals surface area contributed by atoms with Crippen LogP contribution in [0.5, 0.6) is 0 Å². The fourth-order valence-electron chi connectivity index (χ4n) is 1.23. The molecule has 0 spiro atoms. The molecular weight excluding hydrogens is 289 g/mol. The minimum absolute atomic E-state index is 0.535. The molecule has 1 aromatic carbocycles. The number of aliphatic imine (C=N–C) groups is 1. The second-order valence-electron chi connectivity index (χ2n) is 2.78. The summed E-state index contributed by atoms with van der Waals surface area (Å²) in [6, 6.07) is 3.54. The van der Waals surface area contributed by atoms with E-state index >= 15 is 0 Å². The summed E-state index contributed by atoms with van der Waals surface area (Å²) in [6.45, 7) is 1.26. The van der Waals surface area contributed by atoms with E-state index in [1.54, 1.807) is 12.1 Å². The number of nitrogens with zero attached hydrogens (tertiary/aromatic N) is 1. The van der Waals surface area contributed by atoms with E-state index < -0.39 is 0 Å². The summed E-state index contributed by atoms with van der Waals surface area (Å²) in [7, 11) is 0. The topological polar surface area (TPSA) is 21.6 Å². The fourth-order valence-corrected chi connectivity index (χ4v) is 2.60. The van der Waals surface area contributed by atoms with Crippen molar-refractivity contribution in [2.45, 2.75) is 0 Å². The highest BCUT2D eigenvalue weighted by atomic mass is 79.9. The minimum Gasteiger partial charge on any atom is -0.475 e. The zero-order valence-electron chi connectivity index (χ0n) is 7.06. The molecule has 0 bridgehead atoms. The SMILES string of the molecule is Clc1cc(Br)cc(Cl)c1C1=NCCO1. The number of hydrogen-bond acceptors (Lipinski definition) is 2. The second kappa shape index (κ2) is 4.09. The lowest BCUT2D eigenvalue weighted by molar-refractivity contribution is 0.348. The molecule has 0 unspecified atom stereocenters. The van der Waals surface area contributed by atoms with Crippen LogP contribution < -0.4 is 0 Å². The van der Waals surface area contributed by atoms with Crippen LogP contribution in [0.3, 0.4) is 0 Å². The van der Waals surface area contributed by atoms with Gasteiger partial charge < -0.3 is 4.74 Å². The Labute approximate surface area is 100 Å². The fraction of sp³-hybridized carbons (Fsp3) is 0.222. The van der Waals surface area contributed by atoms with Gasteiger partial charge in [-0.25, -0.2) is 4.99 Å². The minimum atomic E-state index is 0.535. The number of rotatable bonds is 1. The van der Waals surface area contributed by atoms with E-state index in [1.807, 2.05) is 0 Å². The lowest BCUT2D eigenvalue weighted by Gasteiger charge is -2.07. The molecule has 0 aromatic heterocycles. The van der Waals surface area contributed by atoms with E-state index in [0.29, 0.717) is 34.7 Å². The van der Waals surface area contributed by atoms with Gasteiger partial charge in [-0.05, 0) is 12.1 Å². The highest BCUT2D eigenvalue weighted by molar-refractivity contribution is 9.10. The molecule has 1 heterocycles. The molecule has 1 aliphatic rings. The molecule has 0 radical (unpaired) electrons. The van der Waals surface area contributed by atoms with Crippen LogP contribution >= 0.6 is 39.1 Å². The molecule has 5 heteroatoms. The third kappa shape index (κ3) is 1.90. The average Bonchev–Trinajstić information content (AvgIpc) is 2.54. The lowest BCUT2D eigenvalue weighted by Crippen LogP contribution is -2.03. The lowest BCUT2D eigenvalue weighted by atomic mass is 10.2. The number of ether oxygens (including phenoxy) is 1. The molecule has 0 saturated heterocycles. The van der Waals surface area contributed by atoms with E-state index in [4.69, 9.17) is 27.9 Å². The molecule has 0 aliphatic carbocycles. The number of halogens is 3. The summed E-state index contributed by atoms with van der Waals surface area (Å²) >= 11 is 15.4. The van der Waals surface area contributed by atoms with Gasteiger partial charge in [0.15, 0.2) is 0 Å². The Hall–Kier alpha value is -0.250. The van der Waals surface area contributed by atoms with E-state index in [2.05, 4.69) is 20.9 Å². The maximum absolute atomic E-state index is 6.04. The molecule has 0 atom stereocenters. The quantitative estimate of drug-likeness (QED) is 0.776. The van der Waals surface area contributed by atoms with Gasteiger partial charge in [0.25, 0.3) is 0 Å². The maximum atomic E-state index is 6.04. The molecule has 1 aliphatic heterocycles. The van der Waals surface area contributed by atoms with Crippen LogP contribution in [-0.2, 0) is 4.74 Å². The first-order chi connectivity index (χ1) is 6.68. The van der Waals surface area contributed by atoms with E-state index in [0.717, 1.165) is 4.47 Å². The summed E-state index contributed by atoms with van der Waals surface area (Å²) in [5.41, 5.74) is 0.675. The summed E-state index contributed by atoms with van der Waals surface area (Å²) in [6.07, 6.45) is 0. The van der Waals surface area contributed by atoms with E-state index in [1.165, 1.54) is 0 Å². The van der Waals surface area contributed by atoms with Gasteiger partial charge in [0.05, 0.1) is 22.2 Å². The van der Waals surface area contributed by atoms with E-state index in [-0.39, 0.29) is 0 Å². The zero-order chi connectivity index (χ0) is 10.1. The van der Waals surface area contributed by atoms with Crippen LogP contribution in [0.25, 0.3) is 0 Å². The van der Waals surface area contributed by atoms with Crippen molar-refractivity contribution in [3.63, 3.8) is 0 Å². The molecule has 1 aromatic rings. The van der Waals surface area contributed by atoms with Crippen molar-refractivity contribution in [2.24, 2.45) is 4.99 Å². The molecule has 0 fully saturated rings. The molecule has 14 heavy (non-hydrogen) atoms. The molecule has 0 saturated carbocycles. The highest BCUT2D eigenvalue weighted by Crippen LogP contribution is 2.30. The Morgan fingerprint density at radius 1 is 1.29 bits per heavy atom. The first-order valence-electron chi connectivity index (χ1n) is 4.00. The Bertz CT molecular complexity index is 383. The van der Waals surface area contributed by atoms with E-state index in [9.17, 15) is 0 Å². The first-order valence-corrected chi connectivity index (χ1v) is 5.55. The molecule has 0 N–H and O–H groups in total. The largest absolute Gasteiger partial charge is 0.475 e. The third-order valence-electron chi connectivity index (χ3n) is 1.81. The van der Waals surface area contributed by atoms with Crippen LogP contribution in [-0.4, -0.2) is 19.0 Å². The number of benzene rings is 1. The normalized spacial score (nSPS) is 15.2. The van der Waals surface area contributed by atoms with Gasteiger partial charge in [0.2, 0.25) is 5.90 Å². The van der Waals surface area contributed by atoms with Crippen LogP contribution in [0.2, 0.25) is 10.0 Å². The van der Waals surface area contributed by atoms with Gasteiger partial charge in [-0.15, -0.1) is 0 Å². The van der Waals surface area contributed by atoms with Gasteiger partial charge in [-0.1, -0.05) is 39.1 Å². The monoisotopic (exact) mass is 293 g/mol. The Morgan fingerprint density at radius 3 is 2.43 bits per heavy atom. The second-order valence-corrected chi connectivity index (χ2v) is 4.51. The first kappa shape index (κ1) is 10.3. The molecule has 2 rings (SSSR count). The Morgan fingerprint density at radius 2 is 1.93 bits per heavy atom. The summed E-state index contributed by atoms with van der Waals surface area (Å²) in [5, 5.41) is 1.09.